The highest BCUT2D eigenvalue weighted by molar-refractivity contribution is 5.76. The number of likely N-dealkylation sites (tertiary alicyclic amines) is 1. The third-order valence-electron chi connectivity index (χ3n) is 4.26. The van der Waals surface area contributed by atoms with Crippen LogP contribution in [0.3, 0.4) is 0 Å². The fraction of sp³-hybridized carbons (Fsp3) is 0.846. The number of aliphatic carboxylic acids is 1. The Bertz CT molecular complexity index is 341. The van der Waals surface area contributed by atoms with Gasteiger partial charge in [-0.1, -0.05) is 0 Å². The lowest BCUT2D eigenvalue weighted by Gasteiger charge is -2.36. The number of hydrogen-bond donors (Lipinski definition) is 1. The number of carboxylic acids is 1. The van der Waals surface area contributed by atoms with Gasteiger partial charge in [-0.25, -0.2) is 4.79 Å². The summed E-state index contributed by atoms with van der Waals surface area (Å²) < 4.78 is 0. The molecule has 1 unspecified atom stereocenters. The first-order chi connectivity index (χ1) is 8.50. The van der Waals surface area contributed by atoms with Crippen molar-refractivity contribution in [2.45, 2.75) is 38.6 Å². The van der Waals surface area contributed by atoms with Gasteiger partial charge in [0.2, 0.25) is 0 Å². The number of carboxylic acid groups (broad SMARTS) is 1. The normalized spacial score (nSPS) is 25.7. The molecule has 0 radical (unpaired) electrons. The van der Waals surface area contributed by atoms with Gasteiger partial charge in [-0.3, -0.25) is 4.79 Å². The van der Waals surface area contributed by atoms with E-state index in [1.54, 1.807) is 9.80 Å². The lowest BCUT2D eigenvalue weighted by molar-refractivity contribution is -0.143. The Morgan fingerprint density at radius 1 is 1.33 bits per heavy atom. The van der Waals surface area contributed by atoms with Crippen molar-refractivity contribution in [3.8, 4) is 0 Å². The van der Waals surface area contributed by atoms with Crippen LogP contribution in [0, 0.1) is 11.8 Å². The average molecular weight is 254 g/mol. The minimum absolute atomic E-state index is 0.0136. The van der Waals surface area contributed by atoms with E-state index in [2.05, 4.69) is 6.92 Å². The maximum absolute atomic E-state index is 12.3. The number of nitrogens with zero attached hydrogens (tertiary/aromatic N) is 2. The van der Waals surface area contributed by atoms with Crippen LogP contribution in [0.4, 0.5) is 4.79 Å². The molecule has 0 aromatic rings. The van der Waals surface area contributed by atoms with Crippen molar-refractivity contribution in [1.29, 1.82) is 0 Å². The standard InChI is InChI=1S/C13H22N2O3/c1-9(10-5-6-10)14(2)13(18)15-7-3-4-11(8-15)12(16)17/h9-11H,3-8H2,1-2H3,(H,16,17)/t9?,11-/m1/s1. The number of hydrogen-bond acceptors (Lipinski definition) is 2. The van der Waals surface area contributed by atoms with Crippen molar-refractivity contribution in [2.24, 2.45) is 11.8 Å². The molecule has 1 N–H and O–H groups in total. The maximum atomic E-state index is 12.3. The van der Waals surface area contributed by atoms with Crippen LogP contribution in [0.5, 0.6) is 0 Å². The molecule has 1 heterocycles. The van der Waals surface area contributed by atoms with Gasteiger partial charge in [-0.2, -0.15) is 0 Å². The third kappa shape index (κ3) is 2.76. The summed E-state index contributed by atoms with van der Waals surface area (Å²) in [5.41, 5.74) is 0. The van der Waals surface area contributed by atoms with Gasteiger partial charge in [0, 0.05) is 26.2 Å². The number of carbonyl (C=O) groups is 2. The van der Waals surface area contributed by atoms with Crippen molar-refractivity contribution in [2.75, 3.05) is 20.1 Å². The summed E-state index contributed by atoms with van der Waals surface area (Å²) >= 11 is 0. The van der Waals surface area contributed by atoms with Crippen molar-refractivity contribution < 1.29 is 14.7 Å². The van der Waals surface area contributed by atoms with Gasteiger partial charge in [0.1, 0.15) is 0 Å². The molecule has 1 saturated heterocycles. The molecule has 0 bridgehead atoms. The first kappa shape index (κ1) is 13.2. The highest BCUT2D eigenvalue weighted by Gasteiger charge is 2.35. The van der Waals surface area contributed by atoms with Gasteiger partial charge < -0.3 is 14.9 Å². The average Bonchev–Trinajstić information content (AvgIpc) is 3.20. The molecule has 1 aliphatic carbocycles. The third-order valence-corrected chi connectivity index (χ3v) is 4.26. The summed E-state index contributed by atoms with van der Waals surface area (Å²) in [4.78, 5) is 26.8. The maximum Gasteiger partial charge on any atom is 0.320 e. The van der Waals surface area contributed by atoms with Crippen LogP contribution in [0.1, 0.15) is 32.6 Å². The summed E-state index contributed by atoms with van der Waals surface area (Å²) in [7, 11) is 1.83. The van der Waals surface area contributed by atoms with Crippen LogP contribution in [0.2, 0.25) is 0 Å². The molecule has 2 aliphatic rings. The van der Waals surface area contributed by atoms with E-state index in [1.807, 2.05) is 7.05 Å². The minimum Gasteiger partial charge on any atom is -0.481 e. The van der Waals surface area contributed by atoms with E-state index in [0.29, 0.717) is 25.4 Å². The number of carbonyl (C=O) groups excluding carboxylic acids is 1. The van der Waals surface area contributed by atoms with Gasteiger partial charge >= 0.3 is 12.0 Å². The number of amides is 2. The Hall–Kier alpha value is -1.26. The zero-order valence-corrected chi connectivity index (χ0v) is 11.1. The number of piperidine rings is 1. The van der Waals surface area contributed by atoms with Gasteiger partial charge in [0.15, 0.2) is 0 Å². The second kappa shape index (κ2) is 5.16. The van der Waals surface area contributed by atoms with E-state index in [4.69, 9.17) is 5.11 Å². The summed E-state index contributed by atoms with van der Waals surface area (Å²) in [5, 5.41) is 9.03. The first-order valence-electron chi connectivity index (χ1n) is 6.75. The van der Waals surface area contributed by atoms with Crippen molar-refractivity contribution in [3.63, 3.8) is 0 Å². The molecule has 1 saturated carbocycles. The fourth-order valence-electron chi connectivity index (χ4n) is 2.64. The number of rotatable bonds is 3. The topological polar surface area (TPSA) is 60.9 Å². The molecule has 2 amide bonds. The van der Waals surface area contributed by atoms with E-state index < -0.39 is 11.9 Å². The largest absolute Gasteiger partial charge is 0.481 e. The smallest absolute Gasteiger partial charge is 0.320 e. The van der Waals surface area contributed by atoms with E-state index in [-0.39, 0.29) is 12.1 Å². The molecule has 5 nitrogen and oxygen atoms in total. The quantitative estimate of drug-likeness (QED) is 0.832. The molecule has 2 atom stereocenters. The SMILES string of the molecule is CC(C1CC1)N(C)C(=O)N1CCC[C@@H](C(=O)O)C1. The molecule has 102 valence electrons. The van der Waals surface area contributed by atoms with Gasteiger partial charge in [-0.05, 0) is 38.5 Å². The fourth-order valence-corrected chi connectivity index (χ4v) is 2.64. The zero-order valence-electron chi connectivity index (χ0n) is 11.1. The molecule has 1 aliphatic heterocycles. The molecule has 0 aromatic heterocycles. The Kier molecular flexibility index (Phi) is 3.78. The molecular formula is C13H22N2O3. The summed E-state index contributed by atoms with van der Waals surface area (Å²) in [5.74, 6) is -0.545. The van der Waals surface area contributed by atoms with Crippen LogP contribution in [-0.4, -0.2) is 53.1 Å². The molecule has 5 heteroatoms. The molecular weight excluding hydrogens is 232 g/mol. The Morgan fingerprint density at radius 2 is 2.00 bits per heavy atom. The monoisotopic (exact) mass is 254 g/mol. The zero-order chi connectivity index (χ0) is 13.3. The highest BCUT2D eigenvalue weighted by atomic mass is 16.4. The van der Waals surface area contributed by atoms with Crippen molar-refractivity contribution in [3.05, 3.63) is 0 Å². The lowest BCUT2D eigenvalue weighted by Crippen LogP contribution is -2.50. The molecule has 0 aromatic carbocycles. The van der Waals surface area contributed by atoms with Crippen LogP contribution in [0.15, 0.2) is 0 Å². The van der Waals surface area contributed by atoms with Crippen LogP contribution < -0.4 is 0 Å². The van der Waals surface area contributed by atoms with Gasteiger partial charge in [0.05, 0.1) is 5.92 Å². The lowest BCUT2D eigenvalue weighted by atomic mass is 9.98. The number of urea groups is 1. The molecule has 2 rings (SSSR count). The summed E-state index contributed by atoms with van der Waals surface area (Å²) in [6, 6.07) is 0.253. The van der Waals surface area contributed by atoms with E-state index >= 15 is 0 Å². The van der Waals surface area contributed by atoms with Crippen LogP contribution in [0.25, 0.3) is 0 Å². The second-order valence-electron chi connectivity index (χ2n) is 5.59. The summed E-state index contributed by atoms with van der Waals surface area (Å²) in [6.07, 6.45) is 3.88. The Labute approximate surface area is 108 Å². The van der Waals surface area contributed by atoms with Crippen molar-refractivity contribution >= 4 is 12.0 Å². The highest BCUT2D eigenvalue weighted by Crippen LogP contribution is 2.35. The second-order valence-corrected chi connectivity index (χ2v) is 5.59. The summed E-state index contributed by atoms with van der Waals surface area (Å²) in [6.45, 7) is 3.12. The van der Waals surface area contributed by atoms with E-state index in [0.717, 1.165) is 6.42 Å². The molecule has 18 heavy (non-hydrogen) atoms. The first-order valence-corrected chi connectivity index (χ1v) is 6.75. The van der Waals surface area contributed by atoms with Gasteiger partial charge in [0.25, 0.3) is 0 Å². The predicted molar refractivity (Wildman–Crippen MR) is 67.3 cm³/mol. The minimum atomic E-state index is -0.787. The van der Waals surface area contributed by atoms with Crippen LogP contribution >= 0.6 is 0 Å². The van der Waals surface area contributed by atoms with Crippen LogP contribution in [-0.2, 0) is 4.79 Å². The Balaban J connectivity index is 1.93. The van der Waals surface area contributed by atoms with E-state index in [1.165, 1.54) is 12.8 Å². The van der Waals surface area contributed by atoms with Gasteiger partial charge in [-0.15, -0.1) is 0 Å². The molecule has 0 spiro atoms. The Morgan fingerprint density at radius 3 is 2.56 bits per heavy atom. The predicted octanol–water partition coefficient (Wildman–Crippen LogP) is 1.63. The van der Waals surface area contributed by atoms with E-state index in [9.17, 15) is 9.59 Å². The van der Waals surface area contributed by atoms with Crippen molar-refractivity contribution in [1.82, 2.24) is 9.80 Å². The molecule has 2 fully saturated rings.